The monoisotopic (exact) mass is 189 g/mol. The number of para-hydroxylation sites is 1. The van der Waals surface area contributed by atoms with E-state index < -0.39 is 0 Å². The minimum atomic E-state index is 0.0286. The third-order valence-electron chi connectivity index (χ3n) is 1.76. The molecule has 0 aromatic heterocycles. The molecule has 1 amide bonds. The Kier molecular flexibility index (Phi) is 4.48. The molecule has 74 valence electrons. The van der Waals surface area contributed by atoms with E-state index in [1.807, 2.05) is 49.4 Å². The molecule has 0 heterocycles. The molecule has 0 saturated heterocycles. The third-order valence-corrected chi connectivity index (χ3v) is 1.76. The predicted octanol–water partition coefficient (Wildman–Crippen LogP) is 2.98. The Morgan fingerprint density at radius 2 is 2.00 bits per heavy atom. The van der Waals surface area contributed by atoms with Crippen LogP contribution in [0.3, 0.4) is 0 Å². The number of rotatable bonds is 4. The predicted molar refractivity (Wildman–Crippen MR) is 59.1 cm³/mol. The number of carbonyl (C=O) groups excluding carboxylic acids is 1. The largest absolute Gasteiger partial charge is 0.326 e. The first-order valence-corrected chi connectivity index (χ1v) is 4.83. The molecule has 0 radical (unpaired) electrons. The minimum Gasteiger partial charge on any atom is -0.326 e. The lowest BCUT2D eigenvalue weighted by Gasteiger charge is -2.01. The Labute approximate surface area is 84.6 Å². The average molecular weight is 189 g/mol. The van der Waals surface area contributed by atoms with Crippen LogP contribution < -0.4 is 5.32 Å². The maximum absolute atomic E-state index is 11.3. The lowest BCUT2D eigenvalue weighted by molar-refractivity contribution is -0.115. The summed E-state index contributed by atoms with van der Waals surface area (Å²) in [4.78, 5) is 11.3. The molecular weight excluding hydrogens is 174 g/mol. The molecule has 0 bridgehead atoms. The number of benzene rings is 1. The Balaban J connectivity index is 2.38. The van der Waals surface area contributed by atoms with Crippen molar-refractivity contribution in [2.24, 2.45) is 0 Å². The molecule has 2 heteroatoms. The van der Waals surface area contributed by atoms with Gasteiger partial charge >= 0.3 is 0 Å². The number of hydrogen-bond donors (Lipinski definition) is 1. The van der Waals surface area contributed by atoms with E-state index in [2.05, 4.69) is 5.32 Å². The van der Waals surface area contributed by atoms with Crippen LogP contribution in [0.2, 0.25) is 0 Å². The van der Waals surface area contributed by atoms with Gasteiger partial charge in [0.2, 0.25) is 5.91 Å². The van der Waals surface area contributed by atoms with Crippen molar-refractivity contribution in [2.75, 3.05) is 5.32 Å². The van der Waals surface area contributed by atoms with Gasteiger partial charge in [0.15, 0.2) is 0 Å². The number of hydrogen-bond acceptors (Lipinski definition) is 1. The number of anilines is 1. The first kappa shape index (κ1) is 10.5. The van der Waals surface area contributed by atoms with Crippen LogP contribution in [0.5, 0.6) is 0 Å². The molecule has 0 aliphatic rings. The van der Waals surface area contributed by atoms with E-state index in [0.717, 1.165) is 12.1 Å². The zero-order chi connectivity index (χ0) is 10.2. The van der Waals surface area contributed by atoms with Gasteiger partial charge in [-0.3, -0.25) is 4.79 Å². The van der Waals surface area contributed by atoms with Gasteiger partial charge in [-0.15, -0.1) is 0 Å². The fourth-order valence-electron chi connectivity index (χ4n) is 1.09. The summed E-state index contributed by atoms with van der Waals surface area (Å²) in [5.74, 6) is 0.0286. The van der Waals surface area contributed by atoms with Gasteiger partial charge in [0.25, 0.3) is 0 Å². The summed E-state index contributed by atoms with van der Waals surface area (Å²) in [6.45, 7) is 2.05. The van der Waals surface area contributed by atoms with Crippen LogP contribution in [0, 0.1) is 0 Å². The zero-order valence-corrected chi connectivity index (χ0v) is 8.36. The molecule has 0 aliphatic carbocycles. The highest BCUT2D eigenvalue weighted by Gasteiger charge is 1.97. The van der Waals surface area contributed by atoms with Crippen LogP contribution in [0.4, 0.5) is 5.69 Å². The Morgan fingerprint density at radius 3 is 2.64 bits per heavy atom. The first-order chi connectivity index (χ1) is 6.83. The molecule has 14 heavy (non-hydrogen) atoms. The lowest BCUT2D eigenvalue weighted by Crippen LogP contribution is -2.09. The van der Waals surface area contributed by atoms with Crippen molar-refractivity contribution < 1.29 is 4.79 Å². The summed E-state index contributed by atoms with van der Waals surface area (Å²) < 4.78 is 0. The highest BCUT2D eigenvalue weighted by molar-refractivity contribution is 5.91. The van der Waals surface area contributed by atoms with E-state index in [0.29, 0.717) is 6.42 Å². The number of carbonyl (C=O) groups is 1. The molecule has 0 aliphatic heterocycles. The normalized spacial score (nSPS) is 10.4. The van der Waals surface area contributed by atoms with Gasteiger partial charge in [0.1, 0.15) is 0 Å². The summed E-state index contributed by atoms with van der Waals surface area (Å²) in [6.07, 6.45) is 5.30. The van der Waals surface area contributed by atoms with Crippen molar-refractivity contribution in [3.63, 3.8) is 0 Å². The first-order valence-electron chi connectivity index (χ1n) is 4.83. The Hall–Kier alpha value is -1.57. The highest BCUT2D eigenvalue weighted by atomic mass is 16.1. The maximum atomic E-state index is 11.3. The number of amides is 1. The molecule has 0 atom stereocenters. The summed E-state index contributed by atoms with van der Waals surface area (Å²) in [6, 6.07) is 9.48. The van der Waals surface area contributed by atoms with Gasteiger partial charge in [-0.25, -0.2) is 0 Å². The summed E-state index contributed by atoms with van der Waals surface area (Å²) in [7, 11) is 0. The van der Waals surface area contributed by atoms with E-state index in [9.17, 15) is 4.79 Å². The second kappa shape index (κ2) is 5.97. The van der Waals surface area contributed by atoms with Crippen molar-refractivity contribution in [3.8, 4) is 0 Å². The molecule has 0 unspecified atom stereocenters. The van der Waals surface area contributed by atoms with Crippen molar-refractivity contribution in [1.82, 2.24) is 0 Å². The molecule has 2 nitrogen and oxygen atoms in total. The van der Waals surface area contributed by atoms with Gasteiger partial charge in [-0.2, -0.15) is 0 Å². The Morgan fingerprint density at radius 1 is 1.29 bits per heavy atom. The second-order valence-corrected chi connectivity index (χ2v) is 3.00. The van der Waals surface area contributed by atoms with Crippen molar-refractivity contribution in [1.29, 1.82) is 0 Å². The maximum Gasteiger partial charge on any atom is 0.228 e. The molecular formula is C12H15NO. The number of nitrogens with one attached hydrogen (secondary N) is 1. The van der Waals surface area contributed by atoms with E-state index in [4.69, 9.17) is 0 Å². The minimum absolute atomic E-state index is 0.0286. The molecule has 1 rings (SSSR count). The van der Waals surface area contributed by atoms with Gasteiger partial charge in [0, 0.05) is 12.1 Å². The molecule has 1 aromatic carbocycles. The van der Waals surface area contributed by atoms with E-state index in [1.165, 1.54) is 0 Å². The topological polar surface area (TPSA) is 29.1 Å². The van der Waals surface area contributed by atoms with Crippen molar-refractivity contribution in [2.45, 2.75) is 19.8 Å². The summed E-state index contributed by atoms with van der Waals surface area (Å²) in [5.41, 5.74) is 0.849. The van der Waals surface area contributed by atoms with E-state index in [-0.39, 0.29) is 5.91 Å². The lowest BCUT2D eigenvalue weighted by atomic mass is 10.3. The molecule has 0 fully saturated rings. The molecule has 1 N–H and O–H groups in total. The summed E-state index contributed by atoms with van der Waals surface area (Å²) >= 11 is 0. The number of allylic oxidation sites excluding steroid dienone is 1. The molecule has 0 saturated carbocycles. The van der Waals surface area contributed by atoms with Crippen molar-refractivity contribution in [3.05, 3.63) is 42.5 Å². The fourth-order valence-corrected chi connectivity index (χ4v) is 1.09. The van der Waals surface area contributed by atoms with Crippen LogP contribution in [0.25, 0.3) is 0 Å². The van der Waals surface area contributed by atoms with Crippen LogP contribution in [0.1, 0.15) is 19.8 Å². The van der Waals surface area contributed by atoms with Crippen molar-refractivity contribution >= 4 is 11.6 Å². The van der Waals surface area contributed by atoms with E-state index in [1.54, 1.807) is 0 Å². The van der Waals surface area contributed by atoms with Crippen LogP contribution in [-0.4, -0.2) is 5.91 Å². The smallest absolute Gasteiger partial charge is 0.228 e. The summed E-state index contributed by atoms with van der Waals surface area (Å²) in [5, 5.41) is 2.81. The molecule has 0 spiro atoms. The van der Waals surface area contributed by atoms with Crippen LogP contribution in [0.15, 0.2) is 42.5 Å². The average Bonchev–Trinajstić information content (AvgIpc) is 2.20. The highest BCUT2D eigenvalue weighted by Crippen LogP contribution is 2.05. The standard InChI is InChI=1S/C12H15NO/c1-2-3-5-10-12(14)13-11-8-6-4-7-9-11/h3-9H,2,10H2,1H3,(H,13,14). The van der Waals surface area contributed by atoms with Gasteiger partial charge < -0.3 is 5.32 Å². The second-order valence-electron chi connectivity index (χ2n) is 3.00. The Bertz CT molecular complexity index is 303. The van der Waals surface area contributed by atoms with Crippen LogP contribution >= 0.6 is 0 Å². The van der Waals surface area contributed by atoms with Gasteiger partial charge in [-0.1, -0.05) is 37.3 Å². The third kappa shape index (κ3) is 3.90. The zero-order valence-electron chi connectivity index (χ0n) is 8.36. The quantitative estimate of drug-likeness (QED) is 0.725. The van der Waals surface area contributed by atoms with Gasteiger partial charge in [-0.05, 0) is 18.6 Å². The van der Waals surface area contributed by atoms with E-state index >= 15 is 0 Å². The van der Waals surface area contributed by atoms with Gasteiger partial charge in [0.05, 0.1) is 0 Å². The SMILES string of the molecule is CCC=CCC(=O)Nc1ccccc1. The fraction of sp³-hybridized carbons (Fsp3) is 0.250. The van der Waals surface area contributed by atoms with Crippen LogP contribution in [-0.2, 0) is 4.79 Å². The molecule has 1 aromatic rings.